The highest BCUT2D eigenvalue weighted by molar-refractivity contribution is 5.97. The van der Waals surface area contributed by atoms with Crippen LogP contribution in [0.5, 0.6) is 0 Å². The van der Waals surface area contributed by atoms with Crippen LogP contribution in [-0.4, -0.2) is 42.0 Å². The van der Waals surface area contributed by atoms with Crippen molar-refractivity contribution in [2.45, 2.75) is 66.8 Å². The van der Waals surface area contributed by atoms with Gasteiger partial charge in [0.15, 0.2) is 11.9 Å². The topological polar surface area (TPSA) is 96.0 Å². The van der Waals surface area contributed by atoms with E-state index in [1.165, 1.54) is 20.8 Å². The molecule has 0 aromatic rings. The van der Waals surface area contributed by atoms with Gasteiger partial charge in [0.25, 0.3) is 0 Å². The van der Waals surface area contributed by atoms with Crippen molar-refractivity contribution >= 4 is 23.7 Å². The third-order valence-electron chi connectivity index (χ3n) is 6.92. The van der Waals surface area contributed by atoms with Crippen LogP contribution in [-0.2, 0) is 33.4 Å². The van der Waals surface area contributed by atoms with E-state index in [-0.39, 0.29) is 17.6 Å². The molecule has 0 aliphatic heterocycles. The van der Waals surface area contributed by atoms with Gasteiger partial charge in [0, 0.05) is 37.5 Å². The van der Waals surface area contributed by atoms with Crippen LogP contribution in [0.2, 0.25) is 0 Å². The van der Waals surface area contributed by atoms with Gasteiger partial charge in [-0.1, -0.05) is 26.3 Å². The van der Waals surface area contributed by atoms with Gasteiger partial charge in [-0.2, -0.15) is 0 Å². The number of ketones is 1. The van der Waals surface area contributed by atoms with Crippen molar-refractivity contribution in [3.63, 3.8) is 0 Å². The number of carbonyl (C=O) groups excluding carboxylic acids is 4. The Balaban J connectivity index is 2.24. The molecular weight excluding hydrogens is 364 g/mol. The molecule has 4 aliphatic carbocycles. The molecule has 28 heavy (non-hydrogen) atoms. The van der Waals surface area contributed by atoms with Gasteiger partial charge >= 0.3 is 17.9 Å². The van der Waals surface area contributed by atoms with Crippen molar-refractivity contribution in [2.75, 3.05) is 0 Å². The van der Waals surface area contributed by atoms with Crippen molar-refractivity contribution in [1.82, 2.24) is 0 Å². The van der Waals surface area contributed by atoms with Crippen LogP contribution in [0.4, 0.5) is 0 Å². The van der Waals surface area contributed by atoms with Crippen LogP contribution in [0.15, 0.2) is 11.6 Å². The van der Waals surface area contributed by atoms with Gasteiger partial charge in [0.2, 0.25) is 0 Å². The van der Waals surface area contributed by atoms with Crippen LogP contribution in [0.25, 0.3) is 0 Å². The van der Waals surface area contributed by atoms with Crippen LogP contribution in [0, 0.1) is 28.6 Å². The molecule has 0 saturated heterocycles. The third kappa shape index (κ3) is 2.70. The van der Waals surface area contributed by atoms with E-state index >= 15 is 0 Å². The molecule has 1 unspecified atom stereocenters. The van der Waals surface area contributed by atoms with E-state index in [1.54, 1.807) is 6.08 Å². The number of carbonyl (C=O) groups is 4. The van der Waals surface area contributed by atoms with E-state index in [0.29, 0.717) is 0 Å². The second-order valence-electron chi connectivity index (χ2n) is 9.09. The number of allylic oxidation sites excluding steroid dienone is 2. The van der Waals surface area contributed by atoms with Crippen molar-refractivity contribution < 1.29 is 33.4 Å². The number of rotatable bonds is 3. The zero-order valence-electron chi connectivity index (χ0n) is 17.4. The van der Waals surface area contributed by atoms with Gasteiger partial charge < -0.3 is 14.2 Å². The molecule has 0 spiro atoms. The van der Waals surface area contributed by atoms with Gasteiger partial charge in [0.1, 0.15) is 12.2 Å². The van der Waals surface area contributed by atoms with Gasteiger partial charge in [-0.25, -0.2) is 0 Å². The number of esters is 3. The molecule has 7 nitrogen and oxygen atoms in total. The van der Waals surface area contributed by atoms with Crippen LogP contribution >= 0.6 is 0 Å². The fraction of sp³-hybridized carbons (Fsp3) is 0.714. The molecule has 3 fully saturated rings. The fourth-order valence-electron chi connectivity index (χ4n) is 6.13. The second-order valence-corrected chi connectivity index (χ2v) is 9.09. The minimum Gasteiger partial charge on any atom is -0.458 e. The fourth-order valence-corrected chi connectivity index (χ4v) is 6.13. The lowest BCUT2D eigenvalue weighted by molar-refractivity contribution is -0.214. The van der Waals surface area contributed by atoms with E-state index in [0.717, 1.165) is 5.57 Å². The van der Waals surface area contributed by atoms with Crippen molar-refractivity contribution in [3.8, 4) is 0 Å². The maximum Gasteiger partial charge on any atom is 0.303 e. The van der Waals surface area contributed by atoms with Crippen molar-refractivity contribution in [1.29, 1.82) is 0 Å². The highest BCUT2D eigenvalue weighted by Crippen LogP contribution is 2.72. The average molecular weight is 392 g/mol. The Kier molecular flexibility index (Phi) is 4.72. The molecule has 0 amide bonds. The summed E-state index contributed by atoms with van der Waals surface area (Å²) < 4.78 is 16.9. The standard InChI is InChI=1S/C21H28O7/c1-9-8-13(25)15-16-14(9)21(15,7)19(28-12(4)24)17(26-10(2)22)18(20(16,5)6)27-11(3)23/h8,14-19H,1-7H3/t14-,15?,16-,17+,18+,19+,21-/m0/s1. The molecular formula is C21H28O7. The predicted molar refractivity (Wildman–Crippen MR) is 97.8 cm³/mol. The van der Waals surface area contributed by atoms with Crippen molar-refractivity contribution in [3.05, 3.63) is 11.6 Å². The zero-order valence-corrected chi connectivity index (χ0v) is 17.4. The van der Waals surface area contributed by atoms with Crippen molar-refractivity contribution in [2.24, 2.45) is 28.6 Å². The Labute approximate surface area is 164 Å². The lowest BCUT2D eigenvalue weighted by atomic mass is 9.37. The molecule has 7 atom stereocenters. The first-order valence-electron chi connectivity index (χ1n) is 9.57. The molecule has 3 saturated carbocycles. The predicted octanol–water partition coefficient (Wildman–Crippen LogP) is 2.22. The number of hydrogen-bond donors (Lipinski definition) is 0. The largest absolute Gasteiger partial charge is 0.458 e. The quantitative estimate of drug-likeness (QED) is 0.537. The van der Waals surface area contributed by atoms with Gasteiger partial charge in [-0.15, -0.1) is 0 Å². The molecule has 154 valence electrons. The highest BCUT2D eigenvalue weighted by Gasteiger charge is 2.77. The molecule has 4 aliphatic rings. The molecule has 0 heterocycles. The summed E-state index contributed by atoms with van der Waals surface area (Å²) >= 11 is 0. The summed E-state index contributed by atoms with van der Waals surface area (Å²) in [7, 11) is 0. The number of ether oxygens (including phenoxy) is 3. The monoisotopic (exact) mass is 392 g/mol. The summed E-state index contributed by atoms with van der Waals surface area (Å²) in [5.74, 6) is -2.22. The van der Waals surface area contributed by atoms with Gasteiger partial charge in [-0.05, 0) is 24.8 Å². The Morgan fingerprint density at radius 1 is 0.857 bits per heavy atom. The average Bonchev–Trinajstić information content (AvgIpc) is 2.59. The Bertz CT molecular complexity index is 780. The zero-order chi connectivity index (χ0) is 21.2. The van der Waals surface area contributed by atoms with Crippen LogP contribution in [0.3, 0.4) is 0 Å². The molecule has 0 N–H and O–H groups in total. The Morgan fingerprint density at radius 3 is 1.82 bits per heavy atom. The van der Waals surface area contributed by atoms with Crippen LogP contribution < -0.4 is 0 Å². The summed E-state index contributed by atoms with van der Waals surface area (Å²) in [5.41, 5.74) is -0.505. The Morgan fingerprint density at radius 2 is 1.36 bits per heavy atom. The van der Waals surface area contributed by atoms with Gasteiger partial charge in [-0.3, -0.25) is 19.2 Å². The summed E-state index contributed by atoms with van der Waals surface area (Å²) in [6.07, 6.45) is -1.10. The minimum atomic E-state index is -0.999. The first kappa shape index (κ1) is 20.6. The first-order chi connectivity index (χ1) is 12.8. The van der Waals surface area contributed by atoms with E-state index in [2.05, 4.69) is 0 Å². The summed E-state index contributed by atoms with van der Waals surface area (Å²) in [4.78, 5) is 48.7. The summed E-state index contributed by atoms with van der Waals surface area (Å²) in [5, 5.41) is 0. The van der Waals surface area contributed by atoms with Gasteiger partial charge in [0.05, 0.1) is 0 Å². The number of hydrogen-bond acceptors (Lipinski definition) is 7. The maximum atomic E-state index is 13.0. The third-order valence-corrected chi connectivity index (χ3v) is 6.92. The smallest absolute Gasteiger partial charge is 0.303 e. The molecule has 0 radical (unpaired) electrons. The number of fused-ring (bicyclic) bond motifs is 3. The van der Waals surface area contributed by atoms with E-state index in [1.807, 2.05) is 27.7 Å². The van der Waals surface area contributed by atoms with E-state index in [4.69, 9.17) is 14.2 Å². The maximum absolute atomic E-state index is 13.0. The lowest BCUT2D eigenvalue weighted by Crippen LogP contribution is -2.68. The molecule has 4 bridgehead atoms. The SMILES string of the molecule is CC(=O)O[C@@H]1[C@@H](OC(C)=O)C(C)(C)[C@@H]2C3C(=O)C=C(C)[C@@H]2[C@]3(C)[C@@H]1OC(C)=O. The summed E-state index contributed by atoms with van der Waals surface area (Å²) in [6, 6.07) is 0. The molecule has 7 heteroatoms. The second kappa shape index (κ2) is 6.42. The van der Waals surface area contributed by atoms with E-state index < -0.39 is 53.0 Å². The normalized spacial score (nSPS) is 40.4. The first-order valence-corrected chi connectivity index (χ1v) is 9.57. The highest BCUT2D eigenvalue weighted by atomic mass is 16.6. The van der Waals surface area contributed by atoms with Crippen LogP contribution in [0.1, 0.15) is 48.5 Å². The minimum absolute atomic E-state index is 0.0252. The molecule has 4 rings (SSSR count). The molecule has 0 aromatic heterocycles. The summed E-state index contributed by atoms with van der Waals surface area (Å²) in [6.45, 7) is 11.5. The molecule has 0 aromatic carbocycles. The lowest BCUT2D eigenvalue weighted by Gasteiger charge is -2.65. The Hall–Kier alpha value is -2.18. The van der Waals surface area contributed by atoms with E-state index in [9.17, 15) is 19.2 Å².